The number of thioether (sulfide) groups is 1. The topological polar surface area (TPSA) is 101 Å². The van der Waals surface area contributed by atoms with E-state index in [0.29, 0.717) is 11.8 Å². The van der Waals surface area contributed by atoms with E-state index in [1.54, 1.807) is 0 Å². The summed E-state index contributed by atoms with van der Waals surface area (Å²) >= 11 is 3.16. The molecule has 1 saturated heterocycles. The van der Waals surface area contributed by atoms with E-state index in [4.69, 9.17) is 5.73 Å². The van der Waals surface area contributed by atoms with Gasteiger partial charge in [-0.25, -0.2) is 9.99 Å². The number of nitrogens with zero attached hydrogens (tertiary/aromatic N) is 4. The van der Waals surface area contributed by atoms with Crippen LogP contribution in [0.4, 0.5) is 5.95 Å². The van der Waals surface area contributed by atoms with Gasteiger partial charge in [-0.2, -0.15) is 0 Å². The molecule has 0 aromatic carbocycles. The van der Waals surface area contributed by atoms with Gasteiger partial charge in [-0.3, -0.25) is 15.1 Å². The number of nitrogens with one attached hydrogen (secondary N) is 2. The number of hydrogen-bond donors (Lipinski definition) is 3. The first-order chi connectivity index (χ1) is 11.2. The van der Waals surface area contributed by atoms with Crippen LogP contribution in [-0.4, -0.2) is 33.1 Å². The molecule has 1 unspecified atom stereocenters. The normalized spacial score (nSPS) is 21.0. The summed E-state index contributed by atoms with van der Waals surface area (Å²) in [5.41, 5.74) is 11.4. The van der Waals surface area contributed by atoms with Gasteiger partial charge in [0.2, 0.25) is 11.9 Å². The number of rotatable bonds is 3. The molecule has 1 amide bonds. The molecule has 1 atom stereocenters. The maximum absolute atomic E-state index is 11.1. The highest BCUT2D eigenvalue weighted by Gasteiger charge is 2.42. The van der Waals surface area contributed by atoms with Crippen LogP contribution >= 0.6 is 23.1 Å². The molecule has 2 aromatic heterocycles. The highest BCUT2D eigenvalue weighted by atomic mass is 32.2. The van der Waals surface area contributed by atoms with E-state index < -0.39 is 0 Å². The molecule has 1 fully saturated rings. The molecule has 0 saturated carbocycles. The molecule has 0 bridgehead atoms. The monoisotopic (exact) mass is 349 g/mol. The highest BCUT2D eigenvalue weighted by molar-refractivity contribution is 7.99. The van der Waals surface area contributed by atoms with Crippen LogP contribution in [-0.2, 0) is 17.6 Å². The molecule has 0 radical (unpaired) electrons. The highest BCUT2D eigenvalue weighted by Crippen LogP contribution is 2.48. The zero-order chi connectivity index (χ0) is 15.6. The summed E-state index contributed by atoms with van der Waals surface area (Å²) in [5.74, 6) is 0.614. The average molecular weight is 349 g/mol. The van der Waals surface area contributed by atoms with E-state index in [0.717, 1.165) is 18.8 Å². The van der Waals surface area contributed by atoms with E-state index >= 15 is 0 Å². The number of carbonyl (C=O) groups excluding carboxylic acids is 1. The van der Waals surface area contributed by atoms with Gasteiger partial charge in [-0.05, 0) is 24.8 Å². The SMILES string of the molecule is NC(=O)CSc1nnc2n1-c1sc3c(c1C1NCNN21)CCC3. The van der Waals surface area contributed by atoms with Crippen molar-refractivity contribution in [2.75, 3.05) is 17.4 Å². The maximum Gasteiger partial charge on any atom is 0.249 e. The maximum atomic E-state index is 11.1. The fourth-order valence-electron chi connectivity index (χ4n) is 3.51. The Balaban J connectivity index is 1.68. The van der Waals surface area contributed by atoms with E-state index in [1.807, 2.05) is 16.3 Å². The van der Waals surface area contributed by atoms with Crippen LogP contribution in [0.5, 0.6) is 0 Å². The lowest BCUT2D eigenvalue weighted by Crippen LogP contribution is -2.39. The minimum Gasteiger partial charge on any atom is -0.369 e. The van der Waals surface area contributed by atoms with Gasteiger partial charge in [0.15, 0.2) is 5.16 Å². The number of amides is 1. The van der Waals surface area contributed by atoms with Gasteiger partial charge in [-0.15, -0.1) is 21.5 Å². The number of primary amides is 1. The van der Waals surface area contributed by atoms with Crippen LogP contribution in [0.1, 0.15) is 28.6 Å². The van der Waals surface area contributed by atoms with Crippen LogP contribution < -0.4 is 21.5 Å². The number of aromatic nitrogens is 3. The second kappa shape index (κ2) is 4.94. The molecular formula is C13H15N7OS2. The second-order valence-electron chi connectivity index (χ2n) is 5.76. The molecule has 120 valence electrons. The molecule has 1 aliphatic carbocycles. The number of hydrogen-bond acceptors (Lipinski definition) is 8. The Bertz CT molecular complexity index is 814. The Morgan fingerprint density at radius 2 is 2.35 bits per heavy atom. The van der Waals surface area contributed by atoms with Gasteiger partial charge in [0, 0.05) is 10.4 Å². The molecule has 8 nitrogen and oxygen atoms in total. The first-order valence-electron chi connectivity index (χ1n) is 7.51. The molecule has 3 aliphatic rings. The van der Waals surface area contributed by atoms with E-state index in [1.165, 1.54) is 39.2 Å². The van der Waals surface area contributed by atoms with Gasteiger partial charge in [0.05, 0.1) is 12.4 Å². The molecule has 5 rings (SSSR count). The van der Waals surface area contributed by atoms with Gasteiger partial charge in [-0.1, -0.05) is 11.8 Å². The number of aryl methyl sites for hydroxylation is 1. The second-order valence-corrected chi connectivity index (χ2v) is 7.79. The third kappa shape index (κ3) is 1.89. The number of carbonyl (C=O) groups is 1. The van der Waals surface area contributed by atoms with Crippen molar-refractivity contribution < 1.29 is 4.79 Å². The van der Waals surface area contributed by atoms with Gasteiger partial charge in [0.25, 0.3) is 0 Å². The van der Waals surface area contributed by atoms with Crippen molar-refractivity contribution in [1.82, 2.24) is 25.5 Å². The first kappa shape index (κ1) is 13.8. The fraction of sp³-hybridized carbons (Fsp3) is 0.462. The Kier molecular flexibility index (Phi) is 2.96. The van der Waals surface area contributed by atoms with Crippen molar-refractivity contribution in [2.45, 2.75) is 30.6 Å². The quantitative estimate of drug-likeness (QED) is 0.684. The van der Waals surface area contributed by atoms with Gasteiger partial charge < -0.3 is 5.73 Å². The smallest absolute Gasteiger partial charge is 0.249 e. The Labute approximate surface area is 140 Å². The van der Waals surface area contributed by atoms with E-state index in [2.05, 4.69) is 25.5 Å². The number of nitrogens with two attached hydrogens (primary N) is 1. The Morgan fingerprint density at radius 1 is 1.43 bits per heavy atom. The minimum absolute atomic E-state index is 0.105. The van der Waals surface area contributed by atoms with Crippen LogP contribution in [0.2, 0.25) is 0 Å². The van der Waals surface area contributed by atoms with Gasteiger partial charge in [0.1, 0.15) is 11.2 Å². The number of thiophene rings is 1. The predicted molar refractivity (Wildman–Crippen MR) is 87.5 cm³/mol. The van der Waals surface area contributed by atoms with E-state index in [-0.39, 0.29) is 17.8 Å². The molecule has 4 heterocycles. The Hall–Kier alpha value is -1.62. The third-order valence-corrected chi connectivity index (χ3v) is 6.64. The predicted octanol–water partition coefficient (Wildman–Crippen LogP) is 0.279. The molecule has 2 aliphatic heterocycles. The number of fused-ring (bicyclic) bond motifs is 8. The van der Waals surface area contributed by atoms with Crippen LogP contribution in [0.15, 0.2) is 5.16 Å². The van der Waals surface area contributed by atoms with Crippen molar-refractivity contribution in [2.24, 2.45) is 5.73 Å². The van der Waals surface area contributed by atoms with Crippen LogP contribution in [0, 0.1) is 0 Å². The van der Waals surface area contributed by atoms with Crippen molar-refractivity contribution in [3.8, 4) is 5.00 Å². The van der Waals surface area contributed by atoms with Crippen molar-refractivity contribution in [3.05, 3.63) is 16.0 Å². The van der Waals surface area contributed by atoms with Crippen molar-refractivity contribution >= 4 is 35.0 Å². The average Bonchev–Trinajstić information content (AvgIpc) is 3.25. The summed E-state index contributed by atoms with van der Waals surface area (Å²) in [7, 11) is 0. The molecule has 23 heavy (non-hydrogen) atoms. The molecule has 10 heteroatoms. The number of anilines is 1. The summed E-state index contributed by atoms with van der Waals surface area (Å²) in [6.45, 7) is 0.700. The molecular weight excluding hydrogens is 334 g/mol. The summed E-state index contributed by atoms with van der Waals surface area (Å²) in [6.07, 6.45) is 3.61. The molecule has 0 spiro atoms. The fourth-order valence-corrected chi connectivity index (χ4v) is 5.66. The van der Waals surface area contributed by atoms with E-state index in [9.17, 15) is 4.79 Å². The Morgan fingerprint density at radius 3 is 3.22 bits per heavy atom. The first-order valence-corrected chi connectivity index (χ1v) is 9.31. The van der Waals surface area contributed by atoms with Crippen LogP contribution in [0.25, 0.3) is 5.00 Å². The lowest BCUT2D eigenvalue weighted by atomic mass is 10.1. The zero-order valence-corrected chi connectivity index (χ0v) is 13.8. The number of hydrazine groups is 1. The summed E-state index contributed by atoms with van der Waals surface area (Å²) in [4.78, 5) is 12.6. The molecule has 2 aromatic rings. The molecule has 4 N–H and O–H groups in total. The lowest BCUT2D eigenvalue weighted by Gasteiger charge is -2.30. The minimum atomic E-state index is -0.351. The van der Waals surface area contributed by atoms with Crippen molar-refractivity contribution in [1.29, 1.82) is 0 Å². The summed E-state index contributed by atoms with van der Waals surface area (Å²) in [5, 5.41) is 16.0. The lowest BCUT2D eigenvalue weighted by molar-refractivity contribution is -0.115. The third-order valence-electron chi connectivity index (χ3n) is 4.40. The summed E-state index contributed by atoms with van der Waals surface area (Å²) < 4.78 is 2.06. The van der Waals surface area contributed by atoms with Crippen LogP contribution in [0.3, 0.4) is 0 Å². The standard InChI is InChI=1S/C13H15N7OS2/c14-8(21)4-22-13-18-17-12-19(13)11-9(10-15-5-16-20(10)12)6-2-1-3-7(6)23-11/h10,15-16H,1-5H2,(H2,14,21). The van der Waals surface area contributed by atoms with Gasteiger partial charge >= 0.3 is 0 Å². The largest absolute Gasteiger partial charge is 0.369 e. The zero-order valence-electron chi connectivity index (χ0n) is 12.2. The summed E-state index contributed by atoms with van der Waals surface area (Å²) in [6, 6.07) is 0. The van der Waals surface area contributed by atoms with Crippen molar-refractivity contribution in [3.63, 3.8) is 0 Å².